The molecule has 0 unspecified atom stereocenters. The Kier molecular flexibility index (Phi) is 2.29. The SMILES string of the molecule is CS(=O)(=O)NC(F)F. The number of hydrogen-bond donors (Lipinski definition) is 1. The first kappa shape index (κ1) is 7.77. The molecule has 0 saturated heterocycles. The van der Waals surface area contributed by atoms with Crippen molar-refractivity contribution in [2.45, 2.75) is 6.55 Å². The molecule has 1 N–H and O–H groups in total. The third-order valence-electron chi connectivity index (χ3n) is 0.303. The van der Waals surface area contributed by atoms with E-state index in [1.807, 2.05) is 0 Å². The number of sulfonamides is 1. The fourth-order valence-electron chi connectivity index (χ4n) is 0.162. The minimum atomic E-state index is -3.72. The molecule has 3 nitrogen and oxygen atoms in total. The maximum Gasteiger partial charge on any atom is 0.304 e. The van der Waals surface area contributed by atoms with Crippen molar-refractivity contribution in [2.24, 2.45) is 0 Å². The lowest BCUT2D eigenvalue weighted by molar-refractivity contribution is 0.136. The van der Waals surface area contributed by atoms with E-state index in [-0.39, 0.29) is 0 Å². The molecular weight excluding hydrogens is 140 g/mol. The summed E-state index contributed by atoms with van der Waals surface area (Å²) in [5.74, 6) is 0. The molecule has 6 heteroatoms. The van der Waals surface area contributed by atoms with Gasteiger partial charge in [0.2, 0.25) is 10.0 Å². The van der Waals surface area contributed by atoms with Crippen LogP contribution in [0, 0.1) is 0 Å². The van der Waals surface area contributed by atoms with Crippen LogP contribution in [0.4, 0.5) is 8.78 Å². The minimum absolute atomic E-state index is 0.666. The highest BCUT2D eigenvalue weighted by atomic mass is 32.2. The number of alkyl halides is 2. The summed E-state index contributed by atoms with van der Waals surface area (Å²) in [6.45, 7) is -3.00. The minimum Gasteiger partial charge on any atom is -0.213 e. The van der Waals surface area contributed by atoms with E-state index in [1.54, 1.807) is 0 Å². The van der Waals surface area contributed by atoms with Crippen molar-refractivity contribution in [3.8, 4) is 0 Å². The molecular formula is C2H5F2NO2S. The van der Waals surface area contributed by atoms with Gasteiger partial charge < -0.3 is 0 Å². The van der Waals surface area contributed by atoms with E-state index < -0.39 is 16.6 Å². The standard InChI is InChI=1S/C2H5F2NO2S/c1-8(6,7)5-2(3)4/h2,5H,1H3. The van der Waals surface area contributed by atoms with E-state index in [1.165, 1.54) is 0 Å². The Morgan fingerprint density at radius 1 is 1.50 bits per heavy atom. The van der Waals surface area contributed by atoms with Crippen molar-refractivity contribution >= 4 is 10.0 Å². The average Bonchev–Trinajstić information content (AvgIpc) is 1.21. The molecule has 0 radical (unpaired) electrons. The molecule has 0 aromatic rings. The van der Waals surface area contributed by atoms with Crippen LogP contribution in [0.15, 0.2) is 0 Å². The first-order valence-corrected chi connectivity index (χ1v) is 3.56. The fourth-order valence-corrected chi connectivity index (χ4v) is 0.485. The normalized spacial score (nSPS) is 12.5. The first-order chi connectivity index (χ1) is 3.42. The van der Waals surface area contributed by atoms with Gasteiger partial charge in [-0.3, -0.25) is 0 Å². The van der Waals surface area contributed by atoms with Crippen LogP contribution in [0.25, 0.3) is 0 Å². The van der Waals surface area contributed by atoms with Crippen molar-refractivity contribution in [1.29, 1.82) is 0 Å². The van der Waals surface area contributed by atoms with Crippen LogP contribution in [0.5, 0.6) is 0 Å². The molecule has 0 aliphatic heterocycles. The monoisotopic (exact) mass is 145 g/mol. The first-order valence-electron chi connectivity index (χ1n) is 1.67. The van der Waals surface area contributed by atoms with E-state index in [4.69, 9.17) is 0 Å². The molecule has 0 rings (SSSR count). The zero-order valence-corrected chi connectivity index (χ0v) is 4.87. The van der Waals surface area contributed by atoms with Gasteiger partial charge in [-0.1, -0.05) is 0 Å². The summed E-state index contributed by atoms with van der Waals surface area (Å²) >= 11 is 0. The number of hydrogen-bond acceptors (Lipinski definition) is 2. The van der Waals surface area contributed by atoms with E-state index >= 15 is 0 Å². The predicted molar refractivity (Wildman–Crippen MR) is 24.0 cm³/mol. The largest absolute Gasteiger partial charge is 0.304 e. The highest BCUT2D eigenvalue weighted by Gasteiger charge is 2.07. The van der Waals surface area contributed by atoms with Gasteiger partial charge in [-0.15, -0.1) is 0 Å². The van der Waals surface area contributed by atoms with Gasteiger partial charge >= 0.3 is 6.55 Å². The van der Waals surface area contributed by atoms with Crippen molar-refractivity contribution in [3.05, 3.63) is 0 Å². The maximum absolute atomic E-state index is 11.0. The van der Waals surface area contributed by atoms with E-state index in [0.29, 0.717) is 6.26 Å². The zero-order chi connectivity index (χ0) is 6.78. The van der Waals surface area contributed by atoms with E-state index in [9.17, 15) is 17.2 Å². The lowest BCUT2D eigenvalue weighted by Gasteiger charge is -1.95. The topological polar surface area (TPSA) is 46.2 Å². The number of halogens is 2. The Hall–Kier alpha value is -0.230. The molecule has 0 aromatic heterocycles. The lowest BCUT2D eigenvalue weighted by Crippen LogP contribution is -2.26. The van der Waals surface area contributed by atoms with E-state index in [0.717, 1.165) is 4.72 Å². The van der Waals surface area contributed by atoms with Crippen molar-refractivity contribution in [3.63, 3.8) is 0 Å². The molecule has 0 bridgehead atoms. The Morgan fingerprint density at radius 2 is 1.88 bits per heavy atom. The van der Waals surface area contributed by atoms with Crippen LogP contribution < -0.4 is 4.72 Å². The summed E-state index contributed by atoms with van der Waals surface area (Å²) < 4.78 is 42.8. The second kappa shape index (κ2) is 2.36. The second-order valence-electron chi connectivity index (χ2n) is 1.19. The van der Waals surface area contributed by atoms with Crippen LogP contribution in [-0.4, -0.2) is 21.2 Å². The Labute approximate surface area is 45.7 Å². The second-order valence-corrected chi connectivity index (χ2v) is 2.97. The molecule has 0 heterocycles. The summed E-state index contributed by atoms with van der Waals surface area (Å²) in [6, 6.07) is 0. The van der Waals surface area contributed by atoms with Crippen LogP contribution in [0.1, 0.15) is 0 Å². The van der Waals surface area contributed by atoms with Crippen LogP contribution in [0.2, 0.25) is 0 Å². The summed E-state index contributed by atoms with van der Waals surface area (Å²) in [5, 5.41) is 0. The smallest absolute Gasteiger partial charge is 0.213 e. The third kappa shape index (κ3) is 5.77. The summed E-state index contributed by atoms with van der Waals surface area (Å²) in [6.07, 6.45) is 0.666. The summed E-state index contributed by atoms with van der Waals surface area (Å²) in [5.41, 5.74) is 0. The van der Waals surface area contributed by atoms with Crippen molar-refractivity contribution in [2.75, 3.05) is 6.26 Å². The quantitative estimate of drug-likeness (QED) is 0.545. The number of nitrogens with one attached hydrogen (secondary N) is 1. The Balaban J connectivity index is 3.75. The lowest BCUT2D eigenvalue weighted by atomic mass is 11.4. The highest BCUT2D eigenvalue weighted by molar-refractivity contribution is 7.88. The van der Waals surface area contributed by atoms with Gasteiger partial charge in [-0.05, 0) is 0 Å². The predicted octanol–water partition coefficient (Wildman–Crippen LogP) is -0.242. The molecule has 0 atom stereocenters. The number of rotatable bonds is 2. The van der Waals surface area contributed by atoms with Gasteiger partial charge in [0.15, 0.2) is 0 Å². The van der Waals surface area contributed by atoms with E-state index in [2.05, 4.69) is 0 Å². The van der Waals surface area contributed by atoms with Gasteiger partial charge in [-0.25, -0.2) is 8.42 Å². The van der Waals surface area contributed by atoms with Crippen molar-refractivity contribution in [1.82, 2.24) is 4.72 Å². The molecule has 0 aliphatic rings. The van der Waals surface area contributed by atoms with Gasteiger partial charge in [0.1, 0.15) is 0 Å². The fraction of sp³-hybridized carbons (Fsp3) is 1.00. The molecule has 50 valence electrons. The summed E-state index contributed by atoms with van der Waals surface area (Å²) in [7, 11) is -3.72. The zero-order valence-electron chi connectivity index (χ0n) is 4.06. The molecule has 0 spiro atoms. The molecule has 0 aliphatic carbocycles. The van der Waals surface area contributed by atoms with Gasteiger partial charge in [-0.2, -0.15) is 13.5 Å². The summed E-state index contributed by atoms with van der Waals surface area (Å²) in [4.78, 5) is 0. The molecule has 0 aromatic carbocycles. The molecule has 0 amide bonds. The van der Waals surface area contributed by atoms with Crippen LogP contribution >= 0.6 is 0 Å². The van der Waals surface area contributed by atoms with Gasteiger partial charge in [0.25, 0.3) is 0 Å². The maximum atomic E-state index is 11.0. The molecule has 0 saturated carbocycles. The van der Waals surface area contributed by atoms with Gasteiger partial charge in [0.05, 0.1) is 6.26 Å². The molecule has 0 fully saturated rings. The highest BCUT2D eigenvalue weighted by Crippen LogP contribution is 1.86. The van der Waals surface area contributed by atoms with Crippen LogP contribution in [0.3, 0.4) is 0 Å². The van der Waals surface area contributed by atoms with Crippen molar-refractivity contribution < 1.29 is 17.2 Å². The Bertz CT molecular complexity index is 151. The third-order valence-corrected chi connectivity index (χ3v) is 0.909. The van der Waals surface area contributed by atoms with Crippen LogP contribution in [-0.2, 0) is 10.0 Å². The average molecular weight is 145 g/mol. The molecule has 8 heavy (non-hydrogen) atoms. The van der Waals surface area contributed by atoms with Gasteiger partial charge in [0, 0.05) is 0 Å². The Morgan fingerprint density at radius 3 is 1.88 bits per heavy atom.